The van der Waals surface area contributed by atoms with Crippen LogP contribution >= 0.6 is 0 Å². The van der Waals surface area contributed by atoms with Gasteiger partial charge in [-0.15, -0.1) is 0 Å². The summed E-state index contributed by atoms with van der Waals surface area (Å²) in [6, 6.07) is 2.23. The van der Waals surface area contributed by atoms with Crippen LogP contribution in [0.3, 0.4) is 0 Å². The second-order valence-corrected chi connectivity index (χ2v) is 5.13. The Balaban J connectivity index is 2.22. The molecule has 0 aromatic carbocycles. The van der Waals surface area contributed by atoms with Gasteiger partial charge in [-0.05, 0) is 39.4 Å². The number of nitrogens with one attached hydrogen (secondary N) is 2. The van der Waals surface area contributed by atoms with E-state index < -0.39 is 0 Å². The maximum absolute atomic E-state index is 4.80. The normalized spacial score (nSPS) is 13.5. The Labute approximate surface area is 128 Å². The monoisotopic (exact) mass is 295 g/mol. The Morgan fingerprint density at radius 2 is 2.19 bits per heavy atom. The van der Waals surface area contributed by atoms with Gasteiger partial charge in [0, 0.05) is 19.2 Å². The number of guanidine groups is 1. The van der Waals surface area contributed by atoms with Crippen LogP contribution in [0.15, 0.2) is 21.8 Å². The molecule has 1 heterocycles. The Bertz CT molecular complexity index is 387. The molecular formula is C15H29N5O. The number of aliphatic imine (C=N–C) groups is 1. The molecule has 21 heavy (non-hydrogen) atoms. The third-order valence-corrected chi connectivity index (χ3v) is 3.54. The van der Waals surface area contributed by atoms with Gasteiger partial charge in [-0.3, -0.25) is 4.99 Å². The van der Waals surface area contributed by atoms with Crippen molar-refractivity contribution in [3.63, 3.8) is 0 Å². The maximum Gasteiger partial charge on any atom is 0.191 e. The van der Waals surface area contributed by atoms with E-state index in [0.717, 1.165) is 37.7 Å². The average molecular weight is 295 g/mol. The van der Waals surface area contributed by atoms with E-state index in [1.165, 1.54) is 6.42 Å². The van der Waals surface area contributed by atoms with Crippen LogP contribution in [0.1, 0.15) is 39.3 Å². The minimum atomic E-state index is 0.393. The van der Waals surface area contributed by atoms with Crippen molar-refractivity contribution < 1.29 is 4.52 Å². The molecule has 1 aromatic rings. The molecule has 0 bridgehead atoms. The summed E-state index contributed by atoms with van der Waals surface area (Å²) in [4.78, 5) is 6.68. The van der Waals surface area contributed by atoms with E-state index in [4.69, 9.17) is 4.52 Å². The molecule has 0 aliphatic heterocycles. The minimum Gasteiger partial charge on any atom is -0.364 e. The first-order valence-electron chi connectivity index (χ1n) is 7.78. The SMILES string of the molecule is CCN(CC)CCCC(C)NC(=NC)NCc1ccon1. The minimum absolute atomic E-state index is 0.393. The molecule has 0 aliphatic rings. The van der Waals surface area contributed by atoms with E-state index in [2.05, 4.69) is 46.5 Å². The smallest absolute Gasteiger partial charge is 0.191 e. The average Bonchev–Trinajstić information content (AvgIpc) is 3.01. The summed E-state index contributed by atoms with van der Waals surface area (Å²) in [5.41, 5.74) is 0.868. The van der Waals surface area contributed by atoms with Gasteiger partial charge < -0.3 is 20.1 Å². The standard InChI is InChI=1S/C15H29N5O/c1-5-20(6-2)10-7-8-13(3)18-15(16-4)17-12-14-9-11-21-19-14/h9,11,13H,5-8,10,12H2,1-4H3,(H2,16,17,18). The van der Waals surface area contributed by atoms with E-state index in [1.807, 2.05) is 6.07 Å². The molecule has 2 N–H and O–H groups in total. The summed E-state index contributed by atoms with van der Waals surface area (Å²) in [6.07, 6.45) is 3.89. The van der Waals surface area contributed by atoms with E-state index in [0.29, 0.717) is 12.6 Å². The van der Waals surface area contributed by atoms with Crippen LogP contribution in [0.25, 0.3) is 0 Å². The number of aromatic nitrogens is 1. The molecular weight excluding hydrogens is 266 g/mol. The van der Waals surface area contributed by atoms with Crippen molar-refractivity contribution in [3.8, 4) is 0 Å². The molecule has 120 valence electrons. The van der Waals surface area contributed by atoms with Crippen molar-refractivity contribution in [3.05, 3.63) is 18.0 Å². The lowest BCUT2D eigenvalue weighted by Crippen LogP contribution is -2.42. The molecule has 6 nitrogen and oxygen atoms in total. The van der Waals surface area contributed by atoms with Gasteiger partial charge in [-0.2, -0.15) is 0 Å². The molecule has 6 heteroatoms. The van der Waals surface area contributed by atoms with Crippen molar-refractivity contribution >= 4 is 5.96 Å². The maximum atomic E-state index is 4.80. The van der Waals surface area contributed by atoms with Crippen LogP contribution < -0.4 is 10.6 Å². The number of hydrogen-bond donors (Lipinski definition) is 2. The third-order valence-electron chi connectivity index (χ3n) is 3.54. The highest BCUT2D eigenvalue weighted by molar-refractivity contribution is 5.79. The van der Waals surface area contributed by atoms with Gasteiger partial charge in [0.25, 0.3) is 0 Å². The highest BCUT2D eigenvalue weighted by Crippen LogP contribution is 2.00. The zero-order chi connectivity index (χ0) is 15.5. The third kappa shape index (κ3) is 7.13. The van der Waals surface area contributed by atoms with Crippen LogP contribution in [-0.4, -0.2) is 48.7 Å². The molecule has 0 amide bonds. The summed E-state index contributed by atoms with van der Waals surface area (Å²) < 4.78 is 4.80. The molecule has 0 aliphatic carbocycles. The van der Waals surface area contributed by atoms with Crippen molar-refractivity contribution in [2.24, 2.45) is 4.99 Å². The van der Waals surface area contributed by atoms with Crippen molar-refractivity contribution in [2.45, 2.75) is 46.2 Å². The number of rotatable bonds is 9. The van der Waals surface area contributed by atoms with Gasteiger partial charge in [-0.25, -0.2) is 0 Å². The lowest BCUT2D eigenvalue weighted by atomic mass is 10.2. The van der Waals surface area contributed by atoms with Gasteiger partial charge in [0.15, 0.2) is 5.96 Å². The molecule has 1 unspecified atom stereocenters. The summed E-state index contributed by atoms with van der Waals surface area (Å²) in [7, 11) is 1.78. The Hall–Kier alpha value is -1.56. The fourth-order valence-electron chi connectivity index (χ4n) is 2.16. The summed E-state index contributed by atoms with van der Waals surface area (Å²) in [5, 5.41) is 10.5. The zero-order valence-corrected chi connectivity index (χ0v) is 13.7. The fourth-order valence-corrected chi connectivity index (χ4v) is 2.16. The highest BCUT2D eigenvalue weighted by Gasteiger charge is 2.07. The Morgan fingerprint density at radius 1 is 1.43 bits per heavy atom. The predicted octanol–water partition coefficient (Wildman–Crippen LogP) is 1.85. The van der Waals surface area contributed by atoms with Crippen LogP contribution in [-0.2, 0) is 6.54 Å². The summed E-state index contributed by atoms with van der Waals surface area (Å²) >= 11 is 0. The second-order valence-electron chi connectivity index (χ2n) is 5.13. The molecule has 0 spiro atoms. The van der Waals surface area contributed by atoms with E-state index in [9.17, 15) is 0 Å². The molecule has 1 atom stereocenters. The van der Waals surface area contributed by atoms with Gasteiger partial charge in [0.2, 0.25) is 0 Å². The first-order valence-corrected chi connectivity index (χ1v) is 7.78. The zero-order valence-electron chi connectivity index (χ0n) is 13.7. The Kier molecular flexibility index (Phi) is 8.50. The van der Waals surface area contributed by atoms with Gasteiger partial charge in [0.1, 0.15) is 12.0 Å². The van der Waals surface area contributed by atoms with Crippen molar-refractivity contribution in [1.82, 2.24) is 20.7 Å². The van der Waals surface area contributed by atoms with E-state index in [1.54, 1.807) is 13.3 Å². The van der Waals surface area contributed by atoms with Crippen LogP contribution in [0, 0.1) is 0 Å². The van der Waals surface area contributed by atoms with Crippen molar-refractivity contribution in [2.75, 3.05) is 26.7 Å². The van der Waals surface area contributed by atoms with Gasteiger partial charge >= 0.3 is 0 Å². The van der Waals surface area contributed by atoms with E-state index in [-0.39, 0.29) is 0 Å². The lowest BCUT2D eigenvalue weighted by Gasteiger charge is -2.21. The van der Waals surface area contributed by atoms with Gasteiger partial charge in [-0.1, -0.05) is 19.0 Å². The summed E-state index contributed by atoms with van der Waals surface area (Å²) in [5.74, 6) is 0.799. The van der Waals surface area contributed by atoms with Gasteiger partial charge in [0.05, 0.1) is 6.54 Å². The van der Waals surface area contributed by atoms with Crippen LogP contribution in [0.5, 0.6) is 0 Å². The first-order chi connectivity index (χ1) is 10.2. The van der Waals surface area contributed by atoms with Crippen molar-refractivity contribution in [1.29, 1.82) is 0 Å². The van der Waals surface area contributed by atoms with E-state index >= 15 is 0 Å². The molecule has 1 rings (SSSR count). The quantitative estimate of drug-likeness (QED) is 0.537. The molecule has 0 fully saturated rings. The number of nitrogens with zero attached hydrogens (tertiary/aromatic N) is 3. The molecule has 0 radical (unpaired) electrons. The summed E-state index contributed by atoms with van der Waals surface area (Å²) in [6.45, 7) is 10.6. The molecule has 0 saturated heterocycles. The largest absolute Gasteiger partial charge is 0.364 e. The van der Waals surface area contributed by atoms with Crippen LogP contribution in [0.2, 0.25) is 0 Å². The molecule has 1 aromatic heterocycles. The second kappa shape index (κ2) is 10.2. The first kappa shape index (κ1) is 17.5. The Morgan fingerprint density at radius 3 is 2.76 bits per heavy atom. The number of hydrogen-bond acceptors (Lipinski definition) is 4. The lowest BCUT2D eigenvalue weighted by molar-refractivity contribution is 0.292. The topological polar surface area (TPSA) is 65.7 Å². The molecule has 0 saturated carbocycles. The van der Waals surface area contributed by atoms with Crippen LogP contribution in [0.4, 0.5) is 0 Å². The fraction of sp³-hybridized carbons (Fsp3) is 0.733. The predicted molar refractivity (Wildman–Crippen MR) is 86.3 cm³/mol. The highest BCUT2D eigenvalue weighted by atomic mass is 16.5.